The molecule has 0 aromatic heterocycles. The third-order valence-electron chi connectivity index (χ3n) is 2.63. The minimum atomic E-state index is -4.31. The molecule has 7 heteroatoms. The van der Waals surface area contributed by atoms with E-state index in [9.17, 15) is 18.3 Å². The zero-order valence-electron chi connectivity index (χ0n) is 11.9. The van der Waals surface area contributed by atoms with Gasteiger partial charge in [0.25, 0.3) is 0 Å². The predicted molar refractivity (Wildman–Crippen MR) is 70.6 cm³/mol. The van der Waals surface area contributed by atoms with Crippen molar-refractivity contribution in [1.82, 2.24) is 0 Å². The molecule has 1 aromatic rings. The van der Waals surface area contributed by atoms with E-state index in [1.165, 1.54) is 7.11 Å². The number of alkyl halides is 3. The second-order valence-electron chi connectivity index (χ2n) is 4.45. The van der Waals surface area contributed by atoms with Crippen molar-refractivity contribution in [3.63, 3.8) is 0 Å². The average molecular weight is 308 g/mol. The molecule has 0 saturated carbocycles. The molecule has 0 saturated heterocycles. The van der Waals surface area contributed by atoms with Crippen LogP contribution in [0.1, 0.15) is 25.0 Å². The lowest BCUT2D eigenvalue weighted by atomic mass is 10.1. The zero-order chi connectivity index (χ0) is 15.9. The van der Waals surface area contributed by atoms with Crippen molar-refractivity contribution in [1.29, 1.82) is 0 Å². The van der Waals surface area contributed by atoms with Crippen molar-refractivity contribution in [2.45, 2.75) is 25.6 Å². The van der Waals surface area contributed by atoms with Crippen LogP contribution in [0.3, 0.4) is 0 Å². The maximum Gasteiger partial charge on any atom is 0.411 e. The Morgan fingerprint density at radius 1 is 1.24 bits per heavy atom. The van der Waals surface area contributed by atoms with E-state index in [1.807, 2.05) is 0 Å². The third-order valence-corrected chi connectivity index (χ3v) is 2.63. The summed E-state index contributed by atoms with van der Waals surface area (Å²) in [7, 11) is 1.51. The first-order valence-electron chi connectivity index (χ1n) is 6.47. The second-order valence-corrected chi connectivity index (χ2v) is 4.45. The Labute approximate surface area is 121 Å². The number of hydrogen-bond donors (Lipinski definition) is 1. The summed E-state index contributed by atoms with van der Waals surface area (Å²) in [5.41, 5.74) is 0.590. The number of hydrogen-bond acceptors (Lipinski definition) is 4. The summed E-state index contributed by atoms with van der Waals surface area (Å²) < 4.78 is 50.6. The lowest BCUT2D eigenvalue weighted by Gasteiger charge is -2.15. The molecule has 0 fully saturated rings. The normalized spacial score (nSPS) is 13.0. The van der Waals surface area contributed by atoms with Gasteiger partial charge in [-0.05, 0) is 19.1 Å². The van der Waals surface area contributed by atoms with Gasteiger partial charge in [-0.25, -0.2) is 0 Å². The molecule has 21 heavy (non-hydrogen) atoms. The Bertz CT molecular complexity index is 433. The Kier molecular flexibility index (Phi) is 6.77. The van der Waals surface area contributed by atoms with Crippen molar-refractivity contribution in [3.05, 3.63) is 23.8 Å². The van der Waals surface area contributed by atoms with Crippen molar-refractivity contribution >= 4 is 0 Å². The van der Waals surface area contributed by atoms with Crippen LogP contribution in [0.5, 0.6) is 11.5 Å². The van der Waals surface area contributed by atoms with Crippen LogP contribution in [-0.2, 0) is 4.74 Å². The Hall–Kier alpha value is -1.47. The number of aliphatic hydroxyl groups is 1. The van der Waals surface area contributed by atoms with Crippen LogP contribution in [0.25, 0.3) is 0 Å². The number of aliphatic hydroxyl groups excluding tert-OH is 1. The van der Waals surface area contributed by atoms with E-state index in [4.69, 9.17) is 9.47 Å². The molecule has 1 rings (SSSR count). The summed E-state index contributed by atoms with van der Waals surface area (Å²) >= 11 is 0. The second kappa shape index (κ2) is 8.09. The zero-order valence-corrected chi connectivity index (χ0v) is 11.9. The molecule has 1 aromatic carbocycles. The van der Waals surface area contributed by atoms with E-state index in [1.54, 1.807) is 25.1 Å². The van der Waals surface area contributed by atoms with Crippen LogP contribution in [0, 0.1) is 0 Å². The number of halogens is 3. The maximum absolute atomic E-state index is 11.9. The summed E-state index contributed by atoms with van der Waals surface area (Å²) in [6.07, 6.45) is -4.72. The van der Waals surface area contributed by atoms with Crippen molar-refractivity contribution in [3.8, 4) is 11.5 Å². The lowest BCUT2D eigenvalue weighted by molar-refractivity contribution is -0.174. The molecule has 1 atom stereocenters. The van der Waals surface area contributed by atoms with Gasteiger partial charge in [0.2, 0.25) is 0 Å². The minimum Gasteiger partial charge on any atom is -0.497 e. The molecular weight excluding hydrogens is 289 g/mol. The molecule has 0 heterocycles. The molecule has 0 bridgehead atoms. The maximum atomic E-state index is 11.9. The molecule has 0 aliphatic carbocycles. The fourth-order valence-electron chi connectivity index (χ4n) is 1.64. The Balaban J connectivity index is 2.43. The molecule has 0 aliphatic rings. The molecule has 0 unspecified atom stereocenters. The highest BCUT2D eigenvalue weighted by atomic mass is 19.4. The van der Waals surface area contributed by atoms with Crippen LogP contribution in [0.2, 0.25) is 0 Å². The number of methoxy groups -OCH3 is 1. The molecule has 0 aliphatic heterocycles. The topological polar surface area (TPSA) is 47.9 Å². The van der Waals surface area contributed by atoms with E-state index in [2.05, 4.69) is 4.74 Å². The summed E-state index contributed by atoms with van der Waals surface area (Å²) in [5.74, 6) is 1.02. The Morgan fingerprint density at radius 3 is 2.52 bits per heavy atom. The van der Waals surface area contributed by atoms with Gasteiger partial charge in [-0.1, -0.05) is 0 Å². The van der Waals surface area contributed by atoms with Gasteiger partial charge in [-0.2, -0.15) is 13.2 Å². The highest BCUT2D eigenvalue weighted by molar-refractivity contribution is 5.41. The van der Waals surface area contributed by atoms with Crippen molar-refractivity contribution in [2.75, 3.05) is 26.9 Å². The lowest BCUT2D eigenvalue weighted by Crippen LogP contribution is -2.18. The van der Waals surface area contributed by atoms with Gasteiger partial charge in [0.15, 0.2) is 0 Å². The van der Waals surface area contributed by atoms with Gasteiger partial charge in [0, 0.05) is 18.1 Å². The van der Waals surface area contributed by atoms with E-state index in [0.717, 1.165) is 0 Å². The van der Waals surface area contributed by atoms with Gasteiger partial charge in [-0.3, -0.25) is 0 Å². The fourth-order valence-corrected chi connectivity index (χ4v) is 1.64. The van der Waals surface area contributed by atoms with E-state index in [0.29, 0.717) is 23.5 Å². The summed E-state index contributed by atoms with van der Waals surface area (Å²) in [5, 5.41) is 9.63. The van der Waals surface area contributed by atoms with E-state index < -0.39 is 18.9 Å². The van der Waals surface area contributed by atoms with Gasteiger partial charge in [0.1, 0.15) is 18.1 Å². The summed E-state index contributed by atoms with van der Waals surface area (Å²) in [6, 6.07) is 5.00. The molecule has 120 valence electrons. The van der Waals surface area contributed by atoms with Gasteiger partial charge in [-0.15, -0.1) is 0 Å². The predicted octanol–water partition coefficient (Wildman–Crippen LogP) is 3.10. The van der Waals surface area contributed by atoms with Gasteiger partial charge in [0.05, 0.1) is 26.4 Å². The first-order chi connectivity index (χ1) is 9.83. The smallest absolute Gasteiger partial charge is 0.411 e. The van der Waals surface area contributed by atoms with Crippen molar-refractivity contribution < 1.29 is 32.5 Å². The molecule has 4 nitrogen and oxygen atoms in total. The summed E-state index contributed by atoms with van der Waals surface area (Å²) in [4.78, 5) is 0. The standard InChI is InChI=1S/C14H19F3O4/c1-10(18)12-5-4-11(19-2)8-13(12)21-7-3-6-20-9-14(15,16)17/h4-5,8,10,18H,3,6-7,9H2,1-2H3/t10-/m0/s1. The molecule has 0 spiro atoms. The van der Waals surface area contributed by atoms with Crippen LogP contribution < -0.4 is 9.47 Å². The molecule has 0 radical (unpaired) electrons. The van der Waals surface area contributed by atoms with Crippen LogP contribution in [0.15, 0.2) is 18.2 Å². The number of ether oxygens (including phenoxy) is 3. The quantitative estimate of drug-likeness (QED) is 0.750. The number of rotatable bonds is 8. The minimum absolute atomic E-state index is 0.0481. The first-order valence-corrected chi connectivity index (χ1v) is 6.47. The Morgan fingerprint density at radius 2 is 1.95 bits per heavy atom. The third kappa shape index (κ3) is 6.68. The average Bonchev–Trinajstić information content (AvgIpc) is 2.41. The summed E-state index contributed by atoms with van der Waals surface area (Å²) in [6.45, 7) is 0.477. The molecule has 0 amide bonds. The van der Waals surface area contributed by atoms with Crippen LogP contribution in [-0.4, -0.2) is 38.2 Å². The monoisotopic (exact) mass is 308 g/mol. The van der Waals surface area contributed by atoms with Gasteiger partial charge < -0.3 is 19.3 Å². The fraction of sp³-hybridized carbons (Fsp3) is 0.571. The van der Waals surface area contributed by atoms with Crippen LogP contribution in [0.4, 0.5) is 13.2 Å². The molecule has 1 N–H and O–H groups in total. The first kappa shape index (κ1) is 17.6. The van der Waals surface area contributed by atoms with Crippen molar-refractivity contribution in [2.24, 2.45) is 0 Å². The van der Waals surface area contributed by atoms with E-state index >= 15 is 0 Å². The largest absolute Gasteiger partial charge is 0.497 e. The molecular formula is C14H19F3O4. The van der Waals surface area contributed by atoms with E-state index in [-0.39, 0.29) is 13.2 Å². The van der Waals surface area contributed by atoms with Gasteiger partial charge >= 0.3 is 6.18 Å². The number of benzene rings is 1. The SMILES string of the molecule is COc1ccc([C@H](C)O)c(OCCCOCC(F)(F)F)c1. The highest BCUT2D eigenvalue weighted by Crippen LogP contribution is 2.29. The highest BCUT2D eigenvalue weighted by Gasteiger charge is 2.27. The van der Waals surface area contributed by atoms with Crippen LogP contribution >= 0.6 is 0 Å².